The first-order chi connectivity index (χ1) is 5.45. The van der Waals surface area contributed by atoms with Crippen LogP contribution in [0.4, 0.5) is 0 Å². The second kappa shape index (κ2) is 6.47. The van der Waals surface area contributed by atoms with E-state index in [1.54, 1.807) is 0 Å². The molecule has 0 amide bonds. The van der Waals surface area contributed by atoms with Gasteiger partial charge in [-0.3, -0.25) is 0 Å². The van der Waals surface area contributed by atoms with Gasteiger partial charge in [0, 0.05) is 5.54 Å². The van der Waals surface area contributed by atoms with Crippen molar-refractivity contribution < 1.29 is 0 Å². The van der Waals surface area contributed by atoms with Crippen molar-refractivity contribution in [3.05, 3.63) is 0 Å². The molecule has 0 heterocycles. The Kier molecular flexibility index (Phi) is 7.81. The fourth-order valence-electron chi connectivity index (χ4n) is 1.24. The molecule has 0 radical (unpaired) electrons. The highest BCUT2D eigenvalue weighted by Crippen LogP contribution is 2.25. The molecule has 0 bridgehead atoms. The molecule has 76 valence electrons. The first kappa shape index (κ1) is 14.5. The van der Waals surface area contributed by atoms with Gasteiger partial charge in [-0.25, -0.2) is 0 Å². The van der Waals surface area contributed by atoms with Crippen molar-refractivity contribution in [2.75, 3.05) is 14.1 Å². The van der Waals surface area contributed by atoms with E-state index in [0.717, 1.165) is 5.92 Å². The first-order valence-electron chi connectivity index (χ1n) is 5.12. The Labute approximate surface area is 79.2 Å². The van der Waals surface area contributed by atoms with Gasteiger partial charge >= 0.3 is 0 Å². The van der Waals surface area contributed by atoms with Crippen LogP contribution in [0.25, 0.3) is 0 Å². The Morgan fingerprint density at radius 2 is 1.50 bits per heavy atom. The summed E-state index contributed by atoms with van der Waals surface area (Å²) in [5.74, 6) is 0.729. The minimum atomic E-state index is 0.375. The van der Waals surface area contributed by atoms with Crippen molar-refractivity contribution >= 4 is 0 Å². The molecule has 0 aromatic heterocycles. The third kappa shape index (κ3) is 3.57. The van der Waals surface area contributed by atoms with Crippen LogP contribution < -0.4 is 0 Å². The average molecular weight is 173 g/mol. The summed E-state index contributed by atoms with van der Waals surface area (Å²) in [5.41, 5.74) is 0.375. The predicted molar refractivity (Wildman–Crippen MR) is 58.6 cm³/mol. The molecule has 0 saturated carbocycles. The molecule has 1 nitrogen and oxygen atoms in total. The van der Waals surface area contributed by atoms with Crippen molar-refractivity contribution in [2.24, 2.45) is 5.92 Å². The van der Waals surface area contributed by atoms with Gasteiger partial charge in [0.1, 0.15) is 0 Å². The molecular weight excluding hydrogens is 146 g/mol. The third-order valence-electron chi connectivity index (χ3n) is 2.98. The van der Waals surface area contributed by atoms with E-state index in [4.69, 9.17) is 0 Å². The molecule has 1 heteroatoms. The minimum Gasteiger partial charge on any atom is -0.304 e. The molecule has 0 aliphatic heterocycles. The van der Waals surface area contributed by atoms with E-state index in [9.17, 15) is 0 Å². The highest BCUT2D eigenvalue weighted by Gasteiger charge is 2.27. The standard InChI is InChI=1S/C9H21N.C2H6/c1-7-9(4,8(2)3)10(5)6;1-2/h8H,7H2,1-6H3;1-2H3. The maximum absolute atomic E-state index is 2.32. The SMILES string of the molecule is CC.CCC(C)(C(C)C)N(C)C. The first-order valence-corrected chi connectivity index (χ1v) is 5.12. The Balaban J connectivity index is 0. The number of hydrogen-bond donors (Lipinski definition) is 0. The Hall–Kier alpha value is -0.0400. The van der Waals surface area contributed by atoms with Gasteiger partial charge < -0.3 is 4.90 Å². The topological polar surface area (TPSA) is 3.24 Å². The molecule has 0 aliphatic carbocycles. The maximum Gasteiger partial charge on any atom is 0.0195 e. The monoisotopic (exact) mass is 173 g/mol. The molecule has 0 fully saturated rings. The average Bonchev–Trinajstić information content (AvgIpc) is 2.06. The van der Waals surface area contributed by atoms with E-state index in [1.165, 1.54) is 6.42 Å². The molecule has 0 spiro atoms. The molecule has 0 saturated heterocycles. The summed E-state index contributed by atoms with van der Waals surface area (Å²) < 4.78 is 0. The summed E-state index contributed by atoms with van der Waals surface area (Å²) in [6.45, 7) is 13.1. The molecule has 12 heavy (non-hydrogen) atoms. The van der Waals surface area contributed by atoms with Crippen LogP contribution in [0.2, 0.25) is 0 Å². The lowest BCUT2D eigenvalue weighted by molar-refractivity contribution is 0.110. The molecule has 1 atom stereocenters. The third-order valence-corrected chi connectivity index (χ3v) is 2.98. The summed E-state index contributed by atoms with van der Waals surface area (Å²) in [6, 6.07) is 0. The van der Waals surface area contributed by atoms with Crippen LogP contribution >= 0.6 is 0 Å². The van der Waals surface area contributed by atoms with Gasteiger partial charge in [0.2, 0.25) is 0 Å². The number of nitrogens with zero attached hydrogens (tertiary/aromatic N) is 1. The maximum atomic E-state index is 2.32. The number of rotatable bonds is 3. The lowest BCUT2D eigenvalue weighted by Gasteiger charge is -2.39. The quantitative estimate of drug-likeness (QED) is 0.632. The lowest BCUT2D eigenvalue weighted by atomic mass is 9.85. The van der Waals surface area contributed by atoms with Crippen molar-refractivity contribution in [3.63, 3.8) is 0 Å². The second-order valence-electron chi connectivity index (χ2n) is 3.76. The van der Waals surface area contributed by atoms with Crippen LogP contribution in [0, 0.1) is 5.92 Å². The summed E-state index contributed by atoms with van der Waals surface area (Å²) in [7, 11) is 4.31. The van der Waals surface area contributed by atoms with E-state index >= 15 is 0 Å². The van der Waals surface area contributed by atoms with Crippen LogP contribution in [0.1, 0.15) is 48.0 Å². The normalized spacial score (nSPS) is 15.5. The summed E-state index contributed by atoms with van der Waals surface area (Å²) in [4.78, 5) is 2.32. The van der Waals surface area contributed by atoms with Crippen LogP contribution in [0.3, 0.4) is 0 Å². The van der Waals surface area contributed by atoms with Gasteiger partial charge in [0.25, 0.3) is 0 Å². The molecule has 0 N–H and O–H groups in total. The van der Waals surface area contributed by atoms with Gasteiger partial charge in [0.15, 0.2) is 0 Å². The molecule has 1 unspecified atom stereocenters. The van der Waals surface area contributed by atoms with Crippen LogP contribution in [0.5, 0.6) is 0 Å². The Morgan fingerprint density at radius 3 is 1.50 bits per heavy atom. The fraction of sp³-hybridized carbons (Fsp3) is 1.00. The van der Waals surface area contributed by atoms with E-state index in [2.05, 4.69) is 46.7 Å². The summed E-state index contributed by atoms with van der Waals surface area (Å²) in [6.07, 6.45) is 1.22. The van der Waals surface area contributed by atoms with E-state index in [0.29, 0.717) is 5.54 Å². The highest BCUT2D eigenvalue weighted by atomic mass is 15.1. The second-order valence-corrected chi connectivity index (χ2v) is 3.76. The lowest BCUT2D eigenvalue weighted by Crippen LogP contribution is -2.45. The molecule has 0 aliphatic rings. The van der Waals surface area contributed by atoms with Gasteiger partial charge in [-0.2, -0.15) is 0 Å². The zero-order valence-electron chi connectivity index (χ0n) is 10.2. The van der Waals surface area contributed by atoms with Gasteiger partial charge in [-0.05, 0) is 33.4 Å². The van der Waals surface area contributed by atoms with E-state index in [-0.39, 0.29) is 0 Å². The zero-order chi connectivity index (χ0) is 10.4. The van der Waals surface area contributed by atoms with Gasteiger partial charge in [-0.15, -0.1) is 0 Å². The molecule has 0 aromatic carbocycles. The highest BCUT2D eigenvalue weighted by molar-refractivity contribution is 4.84. The van der Waals surface area contributed by atoms with Crippen LogP contribution in [0.15, 0.2) is 0 Å². The minimum absolute atomic E-state index is 0.375. The van der Waals surface area contributed by atoms with Gasteiger partial charge in [0.05, 0.1) is 0 Å². The molecule has 0 aromatic rings. The van der Waals surface area contributed by atoms with Crippen LogP contribution in [-0.4, -0.2) is 24.5 Å². The fourth-order valence-corrected chi connectivity index (χ4v) is 1.24. The van der Waals surface area contributed by atoms with Crippen molar-refractivity contribution in [1.29, 1.82) is 0 Å². The smallest absolute Gasteiger partial charge is 0.0195 e. The van der Waals surface area contributed by atoms with Crippen molar-refractivity contribution in [2.45, 2.75) is 53.5 Å². The predicted octanol–water partition coefficient (Wildman–Crippen LogP) is 3.40. The number of hydrogen-bond acceptors (Lipinski definition) is 1. The van der Waals surface area contributed by atoms with E-state index < -0.39 is 0 Å². The molecule has 0 rings (SSSR count). The van der Waals surface area contributed by atoms with E-state index in [1.807, 2.05) is 13.8 Å². The Morgan fingerprint density at radius 1 is 1.17 bits per heavy atom. The van der Waals surface area contributed by atoms with Gasteiger partial charge in [-0.1, -0.05) is 34.6 Å². The van der Waals surface area contributed by atoms with Crippen molar-refractivity contribution in [1.82, 2.24) is 4.90 Å². The van der Waals surface area contributed by atoms with Crippen LogP contribution in [-0.2, 0) is 0 Å². The largest absolute Gasteiger partial charge is 0.304 e. The summed E-state index contributed by atoms with van der Waals surface area (Å²) in [5, 5.41) is 0. The zero-order valence-corrected chi connectivity index (χ0v) is 10.2. The molecular formula is C11H27N. The van der Waals surface area contributed by atoms with Crippen molar-refractivity contribution in [3.8, 4) is 0 Å². The Bertz CT molecular complexity index is 87.2. The summed E-state index contributed by atoms with van der Waals surface area (Å²) >= 11 is 0.